The SMILES string of the molecule is CC(O)C1CCCN2CCc3c([nH]c4ccccc34)C12. The van der Waals surface area contributed by atoms with Gasteiger partial charge in [0.2, 0.25) is 0 Å². The van der Waals surface area contributed by atoms with Crippen molar-refractivity contribution in [2.24, 2.45) is 5.92 Å². The van der Waals surface area contributed by atoms with E-state index in [1.165, 1.54) is 35.1 Å². The van der Waals surface area contributed by atoms with Crippen molar-refractivity contribution in [3.8, 4) is 0 Å². The predicted molar refractivity (Wildman–Crippen MR) is 80.7 cm³/mol. The van der Waals surface area contributed by atoms with Crippen LogP contribution in [0.1, 0.15) is 37.1 Å². The van der Waals surface area contributed by atoms with E-state index in [-0.39, 0.29) is 6.10 Å². The van der Waals surface area contributed by atoms with E-state index in [2.05, 4.69) is 34.1 Å². The third kappa shape index (κ3) is 1.73. The zero-order chi connectivity index (χ0) is 13.7. The normalized spacial score (nSPS) is 28.1. The Bertz CT molecular complexity index is 631. The van der Waals surface area contributed by atoms with Crippen LogP contribution in [-0.4, -0.2) is 34.2 Å². The molecule has 1 aromatic carbocycles. The lowest BCUT2D eigenvalue weighted by Gasteiger charge is -2.45. The lowest BCUT2D eigenvalue weighted by atomic mass is 9.80. The van der Waals surface area contributed by atoms with Crippen molar-refractivity contribution < 1.29 is 5.11 Å². The van der Waals surface area contributed by atoms with Gasteiger partial charge >= 0.3 is 0 Å². The molecule has 1 fully saturated rings. The number of aromatic amines is 1. The first kappa shape index (κ1) is 12.4. The molecule has 2 aromatic rings. The number of aromatic nitrogens is 1. The number of hydrogen-bond donors (Lipinski definition) is 2. The average Bonchev–Trinajstić information content (AvgIpc) is 2.85. The summed E-state index contributed by atoms with van der Waals surface area (Å²) in [6.45, 7) is 4.25. The highest BCUT2D eigenvalue weighted by Crippen LogP contribution is 2.43. The van der Waals surface area contributed by atoms with Gasteiger partial charge in [0.1, 0.15) is 0 Å². The molecule has 2 aliphatic heterocycles. The van der Waals surface area contributed by atoms with E-state index in [0.29, 0.717) is 12.0 Å². The number of piperidine rings is 1. The molecule has 2 N–H and O–H groups in total. The average molecular weight is 270 g/mol. The molecule has 2 aliphatic rings. The molecular formula is C17H22N2O. The van der Waals surface area contributed by atoms with Crippen molar-refractivity contribution in [3.05, 3.63) is 35.5 Å². The highest BCUT2D eigenvalue weighted by Gasteiger charge is 2.39. The number of nitrogens with one attached hydrogen (secondary N) is 1. The number of aliphatic hydroxyl groups excluding tert-OH is 1. The Morgan fingerprint density at radius 2 is 2.15 bits per heavy atom. The van der Waals surface area contributed by atoms with Crippen molar-refractivity contribution in [3.63, 3.8) is 0 Å². The summed E-state index contributed by atoms with van der Waals surface area (Å²) in [6, 6.07) is 8.98. The van der Waals surface area contributed by atoms with E-state index in [9.17, 15) is 5.11 Å². The largest absolute Gasteiger partial charge is 0.393 e. The van der Waals surface area contributed by atoms with E-state index in [1.807, 2.05) is 6.92 Å². The Kier molecular flexibility index (Phi) is 2.86. The van der Waals surface area contributed by atoms with Gasteiger partial charge in [-0.05, 0) is 44.4 Å². The van der Waals surface area contributed by atoms with Crippen LogP contribution in [0.15, 0.2) is 24.3 Å². The topological polar surface area (TPSA) is 39.3 Å². The van der Waals surface area contributed by atoms with Crippen LogP contribution in [0.4, 0.5) is 0 Å². The highest BCUT2D eigenvalue weighted by molar-refractivity contribution is 5.85. The Labute approximate surface area is 119 Å². The van der Waals surface area contributed by atoms with Gasteiger partial charge in [0.25, 0.3) is 0 Å². The lowest BCUT2D eigenvalue weighted by molar-refractivity contribution is 0.00589. The monoisotopic (exact) mass is 270 g/mol. The van der Waals surface area contributed by atoms with E-state index >= 15 is 0 Å². The molecule has 20 heavy (non-hydrogen) atoms. The molecule has 0 saturated carbocycles. The van der Waals surface area contributed by atoms with Crippen LogP contribution in [0.2, 0.25) is 0 Å². The maximum absolute atomic E-state index is 10.2. The number of aliphatic hydroxyl groups is 1. The Morgan fingerprint density at radius 3 is 3.00 bits per heavy atom. The molecule has 4 rings (SSSR count). The van der Waals surface area contributed by atoms with Gasteiger partial charge in [0.15, 0.2) is 0 Å². The third-order valence-corrected chi connectivity index (χ3v) is 5.19. The summed E-state index contributed by atoms with van der Waals surface area (Å²) >= 11 is 0. The smallest absolute Gasteiger partial charge is 0.0559 e. The van der Waals surface area contributed by atoms with Crippen LogP contribution in [0.25, 0.3) is 10.9 Å². The molecule has 3 nitrogen and oxygen atoms in total. The van der Waals surface area contributed by atoms with Crippen molar-refractivity contribution in [2.45, 2.75) is 38.3 Å². The molecule has 0 bridgehead atoms. The summed E-state index contributed by atoms with van der Waals surface area (Å²) < 4.78 is 0. The van der Waals surface area contributed by atoms with Crippen LogP contribution in [0, 0.1) is 5.92 Å². The molecule has 0 amide bonds. The Hall–Kier alpha value is -1.32. The van der Waals surface area contributed by atoms with Crippen LogP contribution < -0.4 is 0 Å². The van der Waals surface area contributed by atoms with Gasteiger partial charge in [-0.15, -0.1) is 0 Å². The fourth-order valence-corrected chi connectivity index (χ4v) is 4.25. The molecule has 0 aliphatic carbocycles. The number of rotatable bonds is 1. The molecule has 0 spiro atoms. The number of hydrogen-bond acceptors (Lipinski definition) is 2. The first-order valence-electron chi connectivity index (χ1n) is 7.77. The van der Waals surface area contributed by atoms with E-state index in [4.69, 9.17) is 0 Å². The van der Waals surface area contributed by atoms with Gasteiger partial charge in [-0.3, -0.25) is 4.90 Å². The molecule has 0 radical (unpaired) electrons. The first-order chi connectivity index (χ1) is 9.75. The quantitative estimate of drug-likeness (QED) is 0.836. The second-order valence-corrected chi connectivity index (χ2v) is 6.34. The van der Waals surface area contributed by atoms with Crippen molar-refractivity contribution in [2.75, 3.05) is 13.1 Å². The number of nitrogens with zero attached hydrogens (tertiary/aromatic N) is 1. The lowest BCUT2D eigenvalue weighted by Crippen LogP contribution is -2.46. The fourth-order valence-electron chi connectivity index (χ4n) is 4.25. The minimum atomic E-state index is -0.236. The summed E-state index contributed by atoms with van der Waals surface area (Å²) in [5, 5.41) is 11.5. The van der Waals surface area contributed by atoms with Crippen LogP contribution in [0.5, 0.6) is 0 Å². The predicted octanol–water partition coefficient (Wildman–Crippen LogP) is 2.86. The second-order valence-electron chi connectivity index (χ2n) is 6.34. The Morgan fingerprint density at radius 1 is 1.30 bits per heavy atom. The maximum atomic E-state index is 10.2. The van der Waals surface area contributed by atoms with Crippen molar-refractivity contribution in [1.82, 2.24) is 9.88 Å². The van der Waals surface area contributed by atoms with Gasteiger partial charge in [-0.1, -0.05) is 18.2 Å². The molecule has 3 atom stereocenters. The molecular weight excluding hydrogens is 248 g/mol. The van der Waals surface area contributed by atoms with Crippen LogP contribution >= 0.6 is 0 Å². The van der Waals surface area contributed by atoms with E-state index < -0.39 is 0 Å². The van der Waals surface area contributed by atoms with Crippen LogP contribution in [-0.2, 0) is 6.42 Å². The molecule has 1 aromatic heterocycles. The summed E-state index contributed by atoms with van der Waals surface area (Å²) in [5.74, 6) is 0.357. The minimum Gasteiger partial charge on any atom is -0.393 e. The summed E-state index contributed by atoms with van der Waals surface area (Å²) in [4.78, 5) is 6.22. The molecule has 106 valence electrons. The van der Waals surface area contributed by atoms with Gasteiger partial charge in [-0.25, -0.2) is 0 Å². The van der Waals surface area contributed by atoms with Crippen molar-refractivity contribution >= 4 is 10.9 Å². The Balaban J connectivity index is 1.86. The summed E-state index contributed by atoms with van der Waals surface area (Å²) in [6.07, 6.45) is 3.23. The van der Waals surface area contributed by atoms with Gasteiger partial charge in [-0.2, -0.15) is 0 Å². The zero-order valence-electron chi connectivity index (χ0n) is 12.0. The van der Waals surface area contributed by atoms with Crippen molar-refractivity contribution in [1.29, 1.82) is 0 Å². The first-order valence-corrected chi connectivity index (χ1v) is 7.77. The molecule has 1 saturated heterocycles. The highest BCUT2D eigenvalue weighted by atomic mass is 16.3. The number of para-hydroxylation sites is 1. The minimum absolute atomic E-state index is 0.236. The number of fused-ring (bicyclic) bond motifs is 5. The third-order valence-electron chi connectivity index (χ3n) is 5.19. The van der Waals surface area contributed by atoms with Crippen LogP contribution in [0.3, 0.4) is 0 Å². The summed E-state index contributed by atoms with van der Waals surface area (Å²) in [7, 11) is 0. The standard InChI is InChI=1S/C17H22N2O/c1-11(20)12-6-4-9-19-10-8-14-13-5-2-3-7-15(13)18-16(14)17(12)19/h2-3,5,7,11-12,17-18,20H,4,6,8-10H2,1H3. The second kappa shape index (κ2) is 4.61. The van der Waals surface area contributed by atoms with E-state index in [1.54, 1.807) is 0 Å². The fraction of sp³-hybridized carbons (Fsp3) is 0.529. The molecule has 3 unspecified atom stereocenters. The van der Waals surface area contributed by atoms with E-state index in [0.717, 1.165) is 19.4 Å². The zero-order valence-corrected chi connectivity index (χ0v) is 12.0. The molecule has 3 heteroatoms. The maximum Gasteiger partial charge on any atom is 0.0559 e. The molecule has 3 heterocycles. The van der Waals surface area contributed by atoms with Gasteiger partial charge < -0.3 is 10.1 Å². The van der Waals surface area contributed by atoms with Gasteiger partial charge in [0.05, 0.1) is 12.1 Å². The summed E-state index contributed by atoms with van der Waals surface area (Å²) in [5.41, 5.74) is 4.09. The number of benzene rings is 1. The number of H-pyrrole nitrogens is 1. The van der Waals surface area contributed by atoms with Gasteiger partial charge in [0, 0.05) is 29.1 Å².